The van der Waals surface area contributed by atoms with E-state index in [-0.39, 0.29) is 48.9 Å². The molecule has 6 nitrogen and oxygen atoms in total. The van der Waals surface area contributed by atoms with Crippen molar-refractivity contribution in [1.29, 1.82) is 0 Å². The van der Waals surface area contributed by atoms with Crippen molar-refractivity contribution in [2.45, 2.75) is 19.0 Å². The van der Waals surface area contributed by atoms with Crippen LogP contribution in [-0.4, -0.2) is 36.5 Å². The molecule has 172 valence electrons. The topological polar surface area (TPSA) is 80.3 Å². The highest BCUT2D eigenvalue weighted by Gasteiger charge is 2.30. The Hall–Kier alpha value is -3.14. The number of carbonyl (C=O) groups excluding carboxylic acids is 2. The first kappa shape index (κ1) is 25.1. The molecule has 0 saturated carbocycles. The van der Waals surface area contributed by atoms with Crippen molar-refractivity contribution in [3.8, 4) is 5.75 Å². The van der Waals surface area contributed by atoms with E-state index in [2.05, 4.69) is 22.2 Å². The van der Waals surface area contributed by atoms with Crippen LogP contribution in [0.15, 0.2) is 48.7 Å². The fraction of sp³-hybridized carbons (Fsp3) is 0.286. The van der Waals surface area contributed by atoms with Crippen LogP contribution >= 0.6 is 11.6 Å². The van der Waals surface area contributed by atoms with Crippen molar-refractivity contribution in [2.24, 2.45) is 0 Å². The van der Waals surface area contributed by atoms with Crippen molar-refractivity contribution >= 4 is 23.4 Å². The minimum atomic E-state index is -4.45. The van der Waals surface area contributed by atoms with Crippen molar-refractivity contribution in [1.82, 2.24) is 15.6 Å². The van der Waals surface area contributed by atoms with Gasteiger partial charge in [0.2, 0.25) is 5.91 Å². The first-order valence-corrected chi connectivity index (χ1v) is 9.76. The zero-order valence-electron chi connectivity index (χ0n) is 16.8. The number of aromatic nitrogens is 1. The Bertz CT molecular complexity index is 966. The molecule has 0 unspecified atom stereocenters. The van der Waals surface area contributed by atoms with E-state index in [1.807, 2.05) is 0 Å². The summed E-state index contributed by atoms with van der Waals surface area (Å²) < 4.78 is 56.0. The van der Waals surface area contributed by atoms with E-state index < -0.39 is 29.4 Å². The van der Waals surface area contributed by atoms with Crippen LogP contribution < -0.4 is 15.4 Å². The van der Waals surface area contributed by atoms with Gasteiger partial charge in [0.15, 0.2) is 6.61 Å². The molecule has 0 radical (unpaired) electrons. The summed E-state index contributed by atoms with van der Waals surface area (Å²) in [5.74, 6) is -1.43. The monoisotopic (exact) mass is 473 g/mol. The second-order valence-electron chi connectivity index (χ2n) is 6.61. The van der Waals surface area contributed by atoms with Crippen LogP contribution in [-0.2, 0) is 22.2 Å². The van der Waals surface area contributed by atoms with Crippen LogP contribution in [0.3, 0.4) is 0 Å². The summed E-state index contributed by atoms with van der Waals surface area (Å²) in [4.78, 5) is 27.5. The lowest BCUT2D eigenvalue weighted by molar-refractivity contribution is -0.137. The summed E-state index contributed by atoms with van der Waals surface area (Å²) in [5, 5.41) is 5.06. The van der Waals surface area contributed by atoms with Crippen molar-refractivity contribution in [2.75, 3.05) is 19.7 Å². The van der Waals surface area contributed by atoms with E-state index in [1.54, 1.807) is 0 Å². The minimum Gasteiger partial charge on any atom is -0.484 e. The first-order valence-electron chi connectivity index (χ1n) is 9.39. The number of rotatable bonds is 10. The lowest BCUT2D eigenvalue weighted by Crippen LogP contribution is -2.32. The van der Waals surface area contributed by atoms with Crippen LogP contribution in [0.5, 0.6) is 5.75 Å². The molecule has 0 bridgehead atoms. The number of pyridine rings is 1. The van der Waals surface area contributed by atoms with Gasteiger partial charge in [0.05, 0.1) is 10.6 Å². The predicted octanol–water partition coefficient (Wildman–Crippen LogP) is 3.69. The van der Waals surface area contributed by atoms with Crippen LogP contribution in [0, 0.1) is 5.82 Å². The second-order valence-corrected chi connectivity index (χ2v) is 7.02. The van der Waals surface area contributed by atoms with Gasteiger partial charge in [-0.1, -0.05) is 18.2 Å². The molecular formula is C21H20ClF4N3O3. The lowest BCUT2D eigenvalue weighted by atomic mass is 10.2. The fourth-order valence-electron chi connectivity index (χ4n) is 2.40. The quantitative estimate of drug-likeness (QED) is 0.407. The summed E-state index contributed by atoms with van der Waals surface area (Å²) in [6.45, 7) is 3.58. The van der Waals surface area contributed by atoms with Gasteiger partial charge in [-0.25, -0.2) is 4.39 Å². The molecule has 0 aliphatic heterocycles. The van der Waals surface area contributed by atoms with Gasteiger partial charge in [-0.3, -0.25) is 14.6 Å². The molecule has 2 amide bonds. The summed E-state index contributed by atoms with van der Waals surface area (Å²) in [5.41, 5.74) is -0.227. The molecule has 0 saturated heterocycles. The van der Waals surface area contributed by atoms with Crippen molar-refractivity contribution < 1.29 is 31.9 Å². The number of nitrogens with zero attached hydrogens (tertiary/aromatic N) is 1. The van der Waals surface area contributed by atoms with Gasteiger partial charge in [0, 0.05) is 43.0 Å². The zero-order chi connectivity index (χ0) is 23.7. The van der Waals surface area contributed by atoms with Gasteiger partial charge in [-0.05, 0) is 30.7 Å². The Kier molecular flexibility index (Phi) is 9.01. The molecule has 11 heteroatoms. The third-order valence-corrected chi connectivity index (χ3v) is 4.46. The van der Waals surface area contributed by atoms with E-state index >= 15 is 0 Å². The zero-order valence-corrected chi connectivity index (χ0v) is 17.5. The highest BCUT2D eigenvalue weighted by molar-refractivity contribution is 6.30. The summed E-state index contributed by atoms with van der Waals surface area (Å²) in [6, 6.07) is 5.96. The minimum absolute atomic E-state index is 0.0609. The molecule has 1 aromatic heterocycles. The molecule has 0 fully saturated rings. The number of ether oxygens (including phenoxy) is 1. The highest BCUT2D eigenvalue weighted by Crippen LogP contribution is 2.28. The number of amides is 2. The maximum atomic E-state index is 13.3. The summed E-state index contributed by atoms with van der Waals surface area (Å²) >= 11 is 5.56. The Morgan fingerprint density at radius 2 is 1.88 bits per heavy atom. The molecule has 0 atom stereocenters. The van der Waals surface area contributed by atoms with Gasteiger partial charge < -0.3 is 15.4 Å². The molecule has 2 N–H and O–H groups in total. The van der Waals surface area contributed by atoms with Gasteiger partial charge in [0.25, 0.3) is 5.91 Å². The summed E-state index contributed by atoms with van der Waals surface area (Å²) in [7, 11) is 0. The molecule has 1 aromatic carbocycles. The Morgan fingerprint density at radius 1 is 1.12 bits per heavy atom. The standard InChI is InChI=1S/C21H20ClF4N3O3/c1-13(6-8-27-19(30)12-32-16-4-5-17(22)18(23)10-16)20(31)28-9-7-15-3-2-14(11-29-15)21(24,25)26/h2-5,10-11H,1,6-9,12H2,(H,27,30)(H,28,31). The van der Waals surface area contributed by atoms with Crippen LogP contribution in [0.1, 0.15) is 17.7 Å². The second kappa shape index (κ2) is 11.5. The van der Waals surface area contributed by atoms with Crippen LogP contribution in [0.25, 0.3) is 0 Å². The summed E-state index contributed by atoms with van der Waals surface area (Å²) in [6.07, 6.45) is -3.29. The molecular weight excluding hydrogens is 454 g/mol. The molecule has 2 aromatic rings. The Morgan fingerprint density at radius 3 is 2.50 bits per heavy atom. The number of halogens is 5. The van der Waals surface area contributed by atoms with E-state index in [0.29, 0.717) is 5.69 Å². The van der Waals surface area contributed by atoms with Gasteiger partial charge in [-0.2, -0.15) is 13.2 Å². The molecule has 0 spiro atoms. The average molecular weight is 474 g/mol. The van der Waals surface area contributed by atoms with Gasteiger partial charge in [-0.15, -0.1) is 0 Å². The molecule has 0 aliphatic carbocycles. The maximum Gasteiger partial charge on any atom is 0.417 e. The Balaban J connectivity index is 1.63. The van der Waals surface area contributed by atoms with Crippen molar-refractivity contribution in [3.63, 3.8) is 0 Å². The van der Waals surface area contributed by atoms with E-state index in [0.717, 1.165) is 18.3 Å². The number of carbonyl (C=O) groups is 2. The Labute approximate surface area is 186 Å². The molecule has 1 heterocycles. The van der Waals surface area contributed by atoms with Crippen LogP contribution in [0.4, 0.5) is 17.6 Å². The first-order chi connectivity index (χ1) is 15.1. The number of hydrogen-bond acceptors (Lipinski definition) is 4. The van der Waals surface area contributed by atoms with Crippen molar-refractivity contribution in [3.05, 3.63) is 70.8 Å². The maximum absolute atomic E-state index is 13.3. The van der Waals surface area contributed by atoms with Gasteiger partial charge >= 0.3 is 6.18 Å². The third-order valence-electron chi connectivity index (χ3n) is 4.15. The van der Waals surface area contributed by atoms with E-state index in [1.165, 1.54) is 18.2 Å². The number of hydrogen-bond donors (Lipinski definition) is 2. The van der Waals surface area contributed by atoms with E-state index in [4.69, 9.17) is 16.3 Å². The molecule has 32 heavy (non-hydrogen) atoms. The number of benzene rings is 1. The van der Waals surface area contributed by atoms with Gasteiger partial charge in [0.1, 0.15) is 11.6 Å². The largest absolute Gasteiger partial charge is 0.484 e. The predicted molar refractivity (Wildman–Crippen MR) is 110 cm³/mol. The number of alkyl halides is 3. The lowest BCUT2D eigenvalue weighted by Gasteiger charge is -2.10. The molecule has 0 aliphatic rings. The fourth-order valence-corrected chi connectivity index (χ4v) is 2.52. The number of nitrogens with one attached hydrogen (secondary N) is 2. The SMILES string of the molecule is C=C(CCNC(=O)COc1ccc(Cl)c(F)c1)C(=O)NCCc1ccc(C(F)(F)F)cn1. The highest BCUT2D eigenvalue weighted by atomic mass is 35.5. The average Bonchev–Trinajstić information content (AvgIpc) is 2.74. The smallest absolute Gasteiger partial charge is 0.417 e. The van der Waals surface area contributed by atoms with E-state index in [9.17, 15) is 27.2 Å². The third kappa shape index (κ3) is 8.18. The molecule has 2 rings (SSSR count). The van der Waals surface area contributed by atoms with Crippen LogP contribution in [0.2, 0.25) is 5.02 Å². The normalized spacial score (nSPS) is 11.0.